The van der Waals surface area contributed by atoms with Gasteiger partial charge in [0.2, 0.25) is 10.0 Å². The lowest BCUT2D eigenvalue weighted by molar-refractivity contribution is 0.583. The van der Waals surface area contributed by atoms with Crippen molar-refractivity contribution in [3.8, 4) is 0 Å². The average Bonchev–Trinajstić information content (AvgIpc) is 3.00. The highest BCUT2D eigenvalue weighted by Crippen LogP contribution is 2.21. The summed E-state index contributed by atoms with van der Waals surface area (Å²) in [6, 6.07) is 3.47. The molecule has 0 aliphatic rings. The first-order valence-corrected chi connectivity index (χ1v) is 8.91. The van der Waals surface area contributed by atoms with E-state index >= 15 is 0 Å². The van der Waals surface area contributed by atoms with Gasteiger partial charge >= 0.3 is 0 Å². The van der Waals surface area contributed by atoms with Gasteiger partial charge in [-0.25, -0.2) is 18.1 Å². The number of aromatic nitrogens is 1. The molecule has 0 amide bonds. The fourth-order valence-electron chi connectivity index (χ4n) is 1.51. The molecule has 2 N–H and O–H groups in total. The number of sulfonamides is 1. The molecule has 0 aliphatic carbocycles. The van der Waals surface area contributed by atoms with Crippen molar-refractivity contribution in [3.05, 3.63) is 33.6 Å². The second-order valence-corrected chi connectivity index (χ2v) is 7.97. The Labute approximate surface area is 120 Å². The van der Waals surface area contributed by atoms with Crippen LogP contribution in [-0.2, 0) is 23.0 Å². The molecule has 0 aromatic carbocycles. The minimum Gasteiger partial charge on any atom is -0.315 e. The van der Waals surface area contributed by atoms with E-state index < -0.39 is 10.0 Å². The molecule has 0 unspecified atom stereocenters. The zero-order valence-corrected chi connectivity index (χ0v) is 12.9. The summed E-state index contributed by atoms with van der Waals surface area (Å²) in [5.41, 5.74) is 0. The maximum absolute atomic E-state index is 12.0. The Morgan fingerprint density at radius 3 is 2.89 bits per heavy atom. The Bertz CT molecular complexity index is 605. The van der Waals surface area contributed by atoms with Gasteiger partial charge in [-0.1, -0.05) is 0 Å². The third-order valence-corrected chi connectivity index (χ3v) is 6.24. The van der Waals surface area contributed by atoms with Crippen LogP contribution in [-0.4, -0.2) is 27.0 Å². The Morgan fingerprint density at radius 2 is 2.21 bits per heavy atom. The van der Waals surface area contributed by atoms with Crippen molar-refractivity contribution >= 4 is 32.7 Å². The molecular weight excluding hydrogens is 302 g/mol. The first-order chi connectivity index (χ1) is 9.12. The standard InChI is InChI=1S/C11H15N3O2S3/c1-12-8-9-2-3-11(18-9)19(15,16)14-5-4-10-13-6-7-17-10/h2-3,6-7,12,14H,4-5,8H2,1H3. The highest BCUT2D eigenvalue weighted by atomic mass is 32.2. The van der Waals surface area contributed by atoms with Crippen molar-refractivity contribution in [3.63, 3.8) is 0 Å². The van der Waals surface area contributed by atoms with Crippen LogP contribution < -0.4 is 10.0 Å². The predicted molar refractivity (Wildman–Crippen MR) is 78.1 cm³/mol. The average molecular weight is 317 g/mol. The summed E-state index contributed by atoms with van der Waals surface area (Å²) in [4.78, 5) is 5.12. The molecule has 0 aliphatic heterocycles. The minimum atomic E-state index is -3.39. The van der Waals surface area contributed by atoms with Gasteiger partial charge < -0.3 is 5.32 Å². The van der Waals surface area contributed by atoms with E-state index in [-0.39, 0.29) is 0 Å². The normalized spacial score (nSPS) is 11.8. The van der Waals surface area contributed by atoms with Gasteiger partial charge in [-0.3, -0.25) is 0 Å². The van der Waals surface area contributed by atoms with Crippen molar-refractivity contribution in [1.82, 2.24) is 15.0 Å². The van der Waals surface area contributed by atoms with Gasteiger partial charge in [-0.05, 0) is 19.2 Å². The molecule has 0 bridgehead atoms. The summed E-state index contributed by atoms with van der Waals surface area (Å²) in [7, 11) is -1.56. The molecule has 0 radical (unpaired) electrons. The van der Waals surface area contributed by atoms with Gasteiger partial charge in [0.05, 0.1) is 5.01 Å². The van der Waals surface area contributed by atoms with Gasteiger partial charge in [0.15, 0.2) is 0 Å². The van der Waals surface area contributed by atoms with Crippen LogP contribution in [0, 0.1) is 0 Å². The van der Waals surface area contributed by atoms with Gasteiger partial charge in [0.1, 0.15) is 4.21 Å². The van der Waals surface area contributed by atoms with Crippen LogP contribution in [0.3, 0.4) is 0 Å². The molecule has 104 valence electrons. The molecule has 0 saturated carbocycles. The Morgan fingerprint density at radius 1 is 1.37 bits per heavy atom. The SMILES string of the molecule is CNCc1ccc(S(=O)(=O)NCCc2nccs2)s1. The first kappa shape index (κ1) is 14.6. The summed E-state index contributed by atoms with van der Waals surface area (Å²) in [6.07, 6.45) is 2.34. The lowest BCUT2D eigenvalue weighted by Gasteiger charge is -2.03. The largest absolute Gasteiger partial charge is 0.315 e. The summed E-state index contributed by atoms with van der Waals surface area (Å²) >= 11 is 2.81. The van der Waals surface area contributed by atoms with Crippen LogP contribution in [0.4, 0.5) is 0 Å². The summed E-state index contributed by atoms with van der Waals surface area (Å²) in [6.45, 7) is 1.05. The molecule has 19 heavy (non-hydrogen) atoms. The Kier molecular flexibility index (Phi) is 5.06. The topological polar surface area (TPSA) is 71.1 Å². The Balaban J connectivity index is 1.93. The number of nitrogens with zero attached hydrogens (tertiary/aromatic N) is 1. The van der Waals surface area contributed by atoms with E-state index in [1.54, 1.807) is 12.3 Å². The van der Waals surface area contributed by atoms with Gasteiger partial charge in [0.25, 0.3) is 0 Å². The van der Waals surface area contributed by atoms with Crippen LogP contribution in [0.25, 0.3) is 0 Å². The van der Waals surface area contributed by atoms with E-state index in [0.29, 0.717) is 23.7 Å². The molecule has 2 rings (SSSR count). The second kappa shape index (κ2) is 6.58. The van der Waals surface area contributed by atoms with Crippen LogP contribution in [0.5, 0.6) is 0 Å². The summed E-state index contributed by atoms with van der Waals surface area (Å²) in [5, 5.41) is 5.82. The highest BCUT2D eigenvalue weighted by Gasteiger charge is 2.16. The van der Waals surface area contributed by atoms with Gasteiger partial charge in [0, 0.05) is 36.0 Å². The van der Waals surface area contributed by atoms with Crippen molar-refractivity contribution in [2.24, 2.45) is 0 Å². The molecule has 5 nitrogen and oxygen atoms in total. The van der Waals surface area contributed by atoms with Crippen LogP contribution >= 0.6 is 22.7 Å². The number of nitrogens with one attached hydrogen (secondary N) is 2. The van der Waals surface area contributed by atoms with E-state index in [1.807, 2.05) is 18.5 Å². The minimum absolute atomic E-state index is 0.358. The van der Waals surface area contributed by atoms with Crippen molar-refractivity contribution in [2.75, 3.05) is 13.6 Å². The third kappa shape index (κ3) is 4.08. The van der Waals surface area contributed by atoms with Gasteiger partial charge in [-0.15, -0.1) is 22.7 Å². The van der Waals surface area contributed by atoms with E-state index in [2.05, 4.69) is 15.0 Å². The van der Waals surface area contributed by atoms with E-state index in [9.17, 15) is 8.42 Å². The molecule has 2 heterocycles. The van der Waals surface area contributed by atoms with Crippen LogP contribution in [0.1, 0.15) is 9.88 Å². The van der Waals surface area contributed by atoms with Crippen molar-refractivity contribution in [1.29, 1.82) is 0 Å². The highest BCUT2D eigenvalue weighted by molar-refractivity contribution is 7.91. The zero-order chi connectivity index (χ0) is 13.7. The number of thiophene rings is 1. The zero-order valence-electron chi connectivity index (χ0n) is 10.4. The second-order valence-electron chi connectivity index (χ2n) is 3.82. The molecule has 2 aromatic rings. The molecule has 0 saturated heterocycles. The van der Waals surface area contributed by atoms with E-state index in [0.717, 1.165) is 9.88 Å². The molecule has 0 fully saturated rings. The monoisotopic (exact) mass is 317 g/mol. The fourth-order valence-corrected chi connectivity index (χ4v) is 4.58. The van der Waals surface area contributed by atoms with Crippen molar-refractivity contribution in [2.45, 2.75) is 17.2 Å². The molecule has 0 spiro atoms. The molecule has 0 atom stereocenters. The maximum atomic E-state index is 12.0. The molecule has 8 heteroatoms. The Hall–Kier alpha value is -0.800. The van der Waals surface area contributed by atoms with Gasteiger partial charge in [-0.2, -0.15) is 0 Å². The molecule has 2 aromatic heterocycles. The maximum Gasteiger partial charge on any atom is 0.250 e. The molecular formula is C11H15N3O2S3. The van der Waals surface area contributed by atoms with Crippen molar-refractivity contribution < 1.29 is 8.42 Å². The van der Waals surface area contributed by atoms with E-state index in [1.165, 1.54) is 22.7 Å². The van der Waals surface area contributed by atoms with Crippen LogP contribution in [0.2, 0.25) is 0 Å². The number of rotatable bonds is 7. The number of hydrogen-bond donors (Lipinski definition) is 2. The lowest BCUT2D eigenvalue weighted by atomic mass is 10.5. The third-order valence-electron chi connectivity index (χ3n) is 2.37. The summed E-state index contributed by atoms with van der Waals surface area (Å²) < 4.78 is 27.0. The summed E-state index contributed by atoms with van der Waals surface area (Å²) in [5.74, 6) is 0. The first-order valence-electron chi connectivity index (χ1n) is 5.73. The fraction of sp³-hybridized carbons (Fsp3) is 0.364. The van der Waals surface area contributed by atoms with E-state index in [4.69, 9.17) is 0 Å². The van der Waals surface area contributed by atoms with Crippen LogP contribution in [0.15, 0.2) is 27.9 Å². The number of hydrogen-bond acceptors (Lipinski definition) is 6. The quantitative estimate of drug-likeness (QED) is 0.811. The lowest BCUT2D eigenvalue weighted by Crippen LogP contribution is -2.25. The number of thiazole rings is 1. The smallest absolute Gasteiger partial charge is 0.250 e. The predicted octanol–water partition coefficient (Wildman–Crippen LogP) is 1.44.